The SMILES string of the molecule is OC(CC1CCCN1)c1ccc2sc3ccccc3c2c1. The van der Waals surface area contributed by atoms with Gasteiger partial charge in [0.25, 0.3) is 0 Å². The van der Waals surface area contributed by atoms with Crippen LogP contribution in [0.1, 0.15) is 30.9 Å². The van der Waals surface area contributed by atoms with Crippen molar-refractivity contribution in [3.8, 4) is 0 Å². The molecule has 1 saturated heterocycles. The summed E-state index contributed by atoms with van der Waals surface area (Å²) in [5, 5.41) is 16.5. The Morgan fingerprint density at radius 1 is 1.14 bits per heavy atom. The van der Waals surface area contributed by atoms with Crippen molar-refractivity contribution in [3.63, 3.8) is 0 Å². The topological polar surface area (TPSA) is 32.3 Å². The number of hydrogen-bond acceptors (Lipinski definition) is 3. The highest BCUT2D eigenvalue weighted by atomic mass is 32.1. The molecule has 2 atom stereocenters. The molecule has 1 fully saturated rings. The molecule has 3 aromatic rings. The fraction of sp³-hybridized carbons (Fsp3) is 0.333. The van der Waals surface area contributed by atoms with Crippen LogP contribution in [-0.2, 0) is 0 Å². The highest BCUT2D eigenvalue weighted by Crippen LogP contribution is 2.35. The molecule has 3 heteroatoms. The van der Waals surface area contributed by atoms with Crippen LogP contribution in [0.2, 0.25) is 0 Å². The van der Waals surface area contributed by atoms with Crippen molar-refractivity contribution in [2.75, 3.05) is 6.54 Å². The van der Waals surface area contributed by atoms with E-state index in [1.165, 1.54) is 33.0 Å². The van der Waals surface area contributed by atoms with E-state index in [1.54, 1.807) is 0 Å². The molecule has 1 aliphatic heterocycles. The third-order valence-electron chi connectivity index (χ3n) is 4.46. The van der Waals surface area contributed by atoms with Crippen LogP contribution in [0.4, 0.5) is 0 Å². The first-order valence-corrected chi connectivity index (χ1v) is 8.45. The van der Waals surface area contributed by atoms with Gasteiger partial charge in [-0.15, -0.1) is 11.3 Å². The lowest BCUT2D eigenvalue weighted by atomic mass is 9.99. The first-order valence-electron chi connectivity index (χ1n) is 7.64. The molecule has 0 amide bonds. The van der Waals surface area contributed by atoms with Gasteiger partial charge in [-0.1, -0.05) is 24.3 Å². The number of thiophene rings is 1. The van der Waals surface area contributed by atoms with Crippen molar-refractivity contribution in [1.29, 1.82) is 0 Å². The smallest absolute Gasteiger partial charge is 0.0805 e. The Morgan fingerprint density at radius 2 is 2.00 bits per heavy atom. The zero-order valence-electron chi connectivity index (χ0n) is 11.9. The molecule has 1 aliphatic rings. The predicted molar refractivity (Wildman–Crippen MR) is 89.9 cm³/mol. The lowest BCUT2D eigenvalue weighted by Gasteiger charge is -2.16. The van der Waals surface area contributed by atoms with Gasteiger partial charge in [-0.3, -0.25) is 0 Å². The minimum Gasteiger partial charge on any atom is -0.388 e. The van der Waals surface area contributed by atoms with Crippen LogP contribution in [0.5, 0.6) is 0 Å². The van der Waals surface area contributed by atoms with Gasteiger partial charge < -0.3 is 10.4 Å². The summed E-state index contributed by atoms with van der Waals surface area (Å²) in [5.41, 5.74) is 1.04. The molecule has 21 heavy (non-hydrogen) atoms. The highest BCUT2D eigenvalue weighted by Gasteiger charge is 2.19. The molecule has 108 valence electrons. The molecule has 2 heterocycles. The van der Waals surface area contributed by atoms with Gasteiger partial charge >= 0.3 is 0 Å². The summed E-state index contributed by atoms with van der Waals surface area (Å²) in [6.07, 6.45) is 2.85. The van der Waals surface area contributed by atoms with Gasteiger partial charge in [0.15, 0.2) is 0 Å². The Labute approximate surface area is 128 Å². The standard InChI is InChI=1S/C18H19NOS/c20-16(11-13-4-3-9-19-13)12-7-8-18-15(10-12)14-5-1-2-6-17(14)21-18/h1-2,5-8,10,13,16,19-20H,3-4,9,11H2. The molecule has 2 nitrogen and oxygen atoms in total. The second-order valence-electron chi connectivity index (χ2n) is 5.90. The maximum Gasteiger partial charge on any atom is 0.0805 e. The van der Waals surface area contributed by atoms with E-state index in [0.29, 0.717) is 6.04 Å². The lowest BCUT2D eigenvalue weighted by molar-refractivity contribution is 0.155. The Kier molecular flexibility index (Phi) is 3.42. The number of fused-ring (bicyclic) bond motifs is 3. The predicted octanol–water partition coefficient (Wildman–Crippen LogP) is 4.23. The monoisotopic (exact) mass is 297 g/mol. The Bertz CT molecular complexity index is 773. The molecule has 2 aromatic carbocycles. The third kappa shape index (κ3) is 2.46. The van der Waals surface area contributed by atoms with Gasteiger partial charge in [-0.05, 0) is 49.6 Å². The van der Waals surface area contributed by atoms with E-state index in [2.05, 4.69) is 47.8 Å². The summed E-state index contributed by atoms with van der Waals surface area (Å²) in [6.45, 7) is 1.09. The minimum atomic E-state index is -0.372. The quantitative estimate of drug-likeness (QED) is 0.758. The van der Waals surface area contributed by atoms with Crippen LogP contribution >= 0.6 is 11.3 Å². The second-order valence-corrected chi connectivity index (χ2v) is 6.98. The largest absolute Gasteiger partial charge is 0.388 e. The van der Waals surface area contributed by atoms with Crippen molar-refractivity contribution in [3.05, 3.63) is 48.0 Å². The van der Waals surface area contributed by atoms with E-state index in [0.717, 1.165) is 18.5 Å². The second kappa shape index (κ2) is 5.41. The molecule has 0 radical (unpaired) electrons. The summed E-state index contributed by atoms with van der Waals surface area (Å²) in [6, 6.07) is 15.4. The summed E-state index contributed by atoms with van der Waals surface area (Å²) in [5.74, 6) is 0. The Hall–Kier alpha value is -1.42. The first kappa shape index (κ1) is 13.3. The van der Waals surface area contributed by atoms with E-state index >= 15 is 0 Å². The number of rotatable bonds is 3. The Balaban J connectivity index is 1.70. The highest BCUT2D eigenvalue weighted by molar-refractivity contribution is 7.25. The maximum absolute atomic E-state index is 10.5. The first-order chi connectivity index (χ1) is 10.3. The van der Waals surface area contributed by atoms with Gasteiger partial charge in [0, 0.05) is 26.2 Å². The fourth-order valence-corrected chi connectivity index (χ4v) is 4.40. The van der Waals surface area contributed by atoms with E-state index < -0.39 is 0 Å². The van der Waals surface area contributed by atoms with E-state index in [-0.39, 0.29) is 6.10 Å². The van der Waals surface area contributed by atoms with Crippen LogP contribution in [0.15, 0.2) is 42.5 Å². The van der Waals surface area contributed by atoms with Crippen molar-refractivity contribution < 1.29 is 5.11 Å². The van der Waals surface area contributed by atoms with Gasteiger partial charge in [-0.25, -0.2) is 0 Å². The number of benzene rings is 2. The van der Waals surface area contributed by atoms with Crippen molar-refractivity contribution >= 4 is 31.5 Å². The zero-order chi connectivity index (χ0) is 14.2. The van der Waals surface area contributed by atoms with Crippen molar-refractivity contribution in [2.24, 2.45) is 0 Å². The summed E-state index contributed by atoms with van der Waals surface area (Å²) in [4.78, 5) is 0. The fourth-order valence-electron chi connectivity index (χ4n) is 3.31. The van der Waals surface area contributed by atoms with Crippen LogP contribution in [-0.4, -0.2) is 17.7 Å². The van der Waals surface area contributed by atoms with E-state index in [9.17, 15) is 5.11 Å². The van der Waals surface area contributed by atoms with Crippen LogP contribution in [0.3, 0.4) is 0 Å². The van der Waals surface area contributed by atoms with Gasteiger partial charge in [0.2, 0.25) is 0 Å². The maximum atomic E-state index is 10.5. The normalized spacial score (nSPS) is 20.3. The molecule has 1 aromatic heterocycles. The molecule has 0 spiro atoms. The van der Waals surface area contributed by atoms with Crippen molar-refractivity contribution in [1.82, 2.24) is 5.32 Å². The molecular formula is C18H19NOS. The molecule has 2 N–H and O–H groups in total. The molecule has 0 saturated carbocycles. The third-order valence-corrected chi connectivity index (χ3v) is 5.61. The Morgan fingerprint density at radius 3 is 2.86 bits per heavy atom. The van der Waals surface area contributed by atoms with Gasteiger partial charge in [0.1, 0.15) is 0 Å². The molecule has 0 aliphatic carbocycles. The molecule has 0 bridgehead atoms. The summed E-state index contributed by atoms with van der Waals surface area (Å²) >= 11 is 1.82. The number of hydrogen-bond donors (Lipinski definition) is 2. The number of aliphatic hydroxyl groups is 1. The van der Waals surface area contributed by atoms with E-state index in [4.69, 9.17) is 0 Å². The van der Waals surface area contributed by atoms with E-state index in [1.807, 2.05) is 11.3 Å². The lowest BCUT2D eigenvalue weighted by Crippen LogP contribution is -2.23. The van der Waals surface area contributed by atoms with Gasteiger partial charge in [-0.2, -0.15) is 0 Å². The van der Waals surface area contributed by atoms with Gasteiger partial charge in [0.05, 0.1) is 6.10 Å². The van der Waals surface area contributed by atoms with Crippen LogP contribution in [0.25, 0.3) is 20.2 Å². The average Bonchev–Trinajstić information content (AvgIpc) is 3.13. The number of nitrogens with one attached hydrogen (secondary N) is 1. The summed E-state index contributed by atoms with van der Waals surface area (Å²) in [7, 11) is 0. The summed E-state index contributed by atoms with van der Waals surface area (Å²) < 4.78 is 2.61. The van der Waals surface area contributed by atoms with Crippen molar-refractivity contribution in [2.45, 2.75) is 31.4 Å². The average molecular weight is 297 g/mol. The molecule has 4 rings (SSSR count). The molecule has 2 unspecified atom stereocenters. The molecular weight excluding hydrogens is 278 g/mol. The van der Waals surface area contributed by atoms with Crippen LogP contribution in [0, 0.1) is 0 Å². The number of aliphatic hydroxyl groups excluding tert-OH is 1. The minimum absolute atomic E-state index is 0.372. The zero-order valence-corrected chi connectivity index (χ0v) is 12.7. The van der Waals surface area contributed by atoms with Crippen LogP contribution < -0.4 is 5.32 Å².